The maximum absolute atomic E-state index is 13.9. The molecule has 5 nitrogen and oxygen atoms in total. The summed E-state index contributed by atoms with van der Waals surface area (Å²) in [6, 6.07) is 3.05. The quantitative estimate of drug-likeness (QED) is 0.732. The summed E-state index contributed by atoms with van der Waals surface area (Å²) in [4.78, 5) is 32.9. The summed E-state index contributed by atoms with van der Waals surface area (Å²) in [6.07, 6.45) is 1.62. The van der Waals surface area contributed by atoms with Gasteiger partial charge in [-0.15, -0.1) is 0 Å². The zero-order chi connectivity index (χ0) is 18.1. The van der Waals surface area contributed by atoms with Gasteiger partial charge in [-0.1, -0.05) is 13.8 Å². The second-order valence-corrected chi connectivity index (χ2v) is 7.95. The Morgan fingerprint density at radius 2 is 2.04 bits per heavy atom. The van der Waals surface area contributed by atoms with Crippen LogP contribution in [0.3, 0.4) is 0 Å². The van der Waals surface area contributed by atoms with E-state index in [0.717, 1.165) is 16.6 Å². The number of benzene rings is 1. The second kappa shape index (κ2) is 5.24. The van der Waals surface area contributed by atoms with Crippen molar-refractivity contribution < 1.29 is 14.0 Å². The zero-order valence-electron chi connectivity index (χ0n) is 14.1. The van der Waals surface area contributed by atoms with E-state index in [9.17, 15) is 14.0 Å². The van der Waals surface area contributed by atoms with Crippen LogP contribution >= 0.6 is 15.9 Å². The lowest BCUT2D eigenvalue weighted by Gasteiger charge is -2.47. The number of pyridine rings is 1. The average Bonchev–Trinajstić information content (AvgIpc) is 2.75. The Labute approximate surface area is 152 Å². The SMILES string of the molecule is CC(C)C(=O)N1CC2(C1)C(=O)N(C)c1cnc3cc(F)c(Br)cc3c12. The summed E-state index contributed by atoms with van der Waals surface area (Å²) in [7, 11) is 1.72. The molecule has 2 aromatic rings. The molecule has 4 rings (SSSR count). The van der Waals surface area contributed by atoms with E-state index in [1.807, 2.05) is 13.8 Å². The molecule has 3 heterocycles. The minimum absolute atomic E-state index is 0.0370. The number of amides is 2. The van der Waals surface area contributed by atoms with Crippen LogP contribution in [-0.2, 0) is 15.0 Å². The summed E-state index contributed by atoms with van der Waals surface area (Å²) in [5.41, 5.74) is 1.33. The first kappa shape index (κ1) is 16.4. The van der Waals surface area contributed by atoms with Gasteiger partial charge in [-0.3, -0.25) is 14.6 Å². The average molecular weight is 406 g/mol. The van der Waals surface area contributed by atoms with Crippen molar-refractivity contribution in [2.75, 3.05) is 25.0 Å². The molecule has 0 atom stereocenters. The number of aromatic nitrogens is 1. The van der Waals surface area contributed by atoms with E-state index in [0.29, 0.717) is 23.1 Å². The third-order valence-electron chi connectivity index (χ3n) is 5.17. The molecule has 2 aliphatic heterocycles. The van der Waals surface area contributed by atoms with Crippen molar-refractivity contribution in [3.63, 3.8) is 0 Å². The van der Waals surface area contributed by atoms with Crippen molar-refractivity contribution >= 4 is 44.3 Å². The molecule has 130 valence electrons. The number of likely N-dealkylation sites (N-methyl/N-ethyl adjacent to an activating group) is 1. The molecule has 2 aliphatic rings. The number of rotatable bonds is 1. The van der Waals surface area contributed by atoms with Crippen LogP contribution in [0.15, 0.2) is 22.8 Å². The maximum Gasteiger partial charge on any atom is 0.241 e. The van der Waals surface area contributed by atoms with Gasteiger partial charge in [-0.05, 0) is 22.0 Å². The topological polar surface area (TPSA) is 53.5 Å². The second-order valence-electron chi connectivity index (χ2n) is 7.10. The number of fused-ring (bicyclic) bond motifs is 4. The highest BCUT2D eigenvalue weighted by Crippen LogP contribution is 2.50. The van der Waals surface area contributed by atoms with Gasteiger partial charge >= 0.3 is 0 Å². The third kappa shape index (κ3) is 2.08. The molecule has 0 bridgehead atoms. The number of nitrogens with zero attached hydrogens (tertiary/aromatic N) is 3. The zero-order valence-corrected chi connectivity index (χ0v) is 15.7. The fraction of sp³-hybridized carbons (Fsp3) is 0.389. The first-order chi connectivity index (χ1) is 11.8. The van der Waals surface area contributed by atoms with Crippen LogP contribution < -0.4 is 4.90 Å². The third-order valence-corrected chi connectivity index (χ3v) is 5.78. The molecule has 25 heavy (non-hydrogen) atoms. The Hall–Kier alpha value is -2.02. The standard InChI is InChI=1S/C18H17BrFN3O2/c1-9(2)16(24)23-7-18(8-23)15-10-4-11(19)12(20)5-13(10)21-6-14(15)22(3)17(18)25/h4-6,9H,7-8H2,1-3H3. The summed E-state index contributed by atoms with van der Waals surface area (Å²) < 4.78 is 14.2. The molecule has 1 aromatic heterocycles. The van der Waals surface area contributed by atoms with Crippen LogP contribution in [0.4, 0.5) is 10.1 Å². The lowest BCUT2D eigenvalue weighted by atomic mass is 9.73. The number of hydrogen-bond donors (Lipinski definition) is 0. The van der Waals surface area contributed by atoms with E-state index in [1.165, 1.54) is 6.07 Å². The highest BCUT2D eigenvalue weighted by atomic mass is 79.9. The lowest BCUT2D eigenvalue weighted by Crippen LogP contribution is -2.65. The predicted molar refractivity (Wildman–Crippen MR) is 95.9 cm³/mol. The summed E-state index contributed by atoms with van der Waals surface area (Å²) in [6.45, 7) is 4.41. The van der Waals surface area contributed by atoms with Gasteiger partial charge in [0.05, 0.1) is 21.9 Å². The van der Waals surface area contributed by atoms with Gasteiger partial charge in [0.25, 0.3) is 0 Å². The van der Waals surface area contributed by atoms with Gasteiger partial charge in [0.2, 0.25) is 11.8 Å². The van der Waals surface area contributed by atoms with Gasteiger partial charge in [0.1, 0.15) is 11.2 Å². The molecular weight excluding hydrogens is 389 g/mol. The van der Waals surface area contributed by atoms with Crippen LogP contribution in [0, 0.1) is 11.7 Å². The molecule has 0 unspecified atom stereocenters. The van der Waals surface area contributed by atoms with Crippen LogP contribution in [0.25, 0.3) is 10.9 Å². The van der Waals surface area contributed by atoms with E-state index < -0.39 is 11.2 Å². The Kier molecular flexibility index (Phi) is 3.45. The molecule has 0 N–H and O–H groups in total. The number of carbonyl (C=O) groups is 2. The van der Waals surface area contributed by atoms with Crippen molar-refractivity contribution in [2.24, 2.45) is 5.92 Å². The normalized spacial score (nSPS) is 18.2. The summed E-state index contributed by atoms with van der Waals surface area (Å²) in [5, 5.41) is 0.750. The Morgan fingerprint density at radius 1 is 1.36 bits per heavy atom. The maximum atomic E-state index is 13.9. The number of anilines is 1. The van der Waals surface area contributed by atoms with Gasteiger partial charge in [0, 0.05) is 43.1 Å². The van der Waals surface area contributed by atoms with Crippen molar-refractivity contribution in [2.45, 2.75) is 19.3 Å². The first-order valence-electron chi connectivity index (χ1n) is 8.11. The van der Waals surface area contributed by atoms with Gasteiger partial charge < -0.3 is 9.80 Å². The fourth-order valence-electron chi connectivity index (χ4n) is 3.89. The van der Waals surface area contributed by atoms with E-state index in [-0.39, 0.29) is 17.7 Å². The van der Waals surface area contributed by atoms with Gasteiger partial charge in [-0.2, -0.15) is 0 Å². The van der Waals surface area contributed by atoms with E-state index in [2.05, 4.69) is 20.9 Å². The summed E-state index contributed by atoms with van der Waals surface area (Å²) in [5.74, 6) is -0.495. The fourth-order valence-corrected chi connectivity index (χ4v) is 4.23. The summed E-state index contributed by atoms with van der Waals surface area (Å²) >= 11 is 3.22. The molecule has 0 aliphatic carbocycles. The van der Waals surface area contributed by atoms with Crippen LogP contribution in [0.5, 0.6) is 0 Å². The minimum atomic E-state index is -0.757. The largest absolute Gasteiger partial charge is 0.339 e. The highest BCUT2D eigenvalue weighted by molar-refractivity contribution is 9.10. The van der Waals surface area contributed by atoms with Gasteiger partial charge in [-0.25, -0.2) is 4.39 Å². The molecule has 1 aromatic carbocycles. The Balaban J connectivity index is 1.88. The lowest BCUT2D eigenvalue weighted by molar-refractivity contribution is -0.146. The molecule has 1 fully saturated rings. The molecule has 0 saturated carbocycles. The number of likely N-dealkylation sites (tertiary alicyclic amines) is 1. The molecule has 1 saturated heterocycles. The monoisotopic (exact) mass is 405 g/mol. The molecule has 2 amide bonds. The van der Waals surface area contributed by atoms with Crippen molar-refractivity contribution in [1.29, 1.82) is 0 Å². The molecule has 7 heteroatoms. The molecular formula is C18H17BrFN3O2. The van der Waals surface area contributed by atoms with Crippen molar-refractivity contribution in [1.82, 2.24) is 9.88 Å². The van der Waals surface area contributed by atoms with Crippen LogP contribution in [0.2, 0.25) is 0 Å². The number of carbonyl (C=O) groups excluding carboxylic acids is 2. The van der Waals surface area contributed by atoms with E-state index in [1.54, 1.807) is 29.1 Å². The van der Waals surface area contributed by atoms with Crippen LogP contribution in [0.1, 0.15) is 19.4 Å². The number of halogens is 2. The smallest absolute Gasteiger partial charge is 0.241 e. The van der Waals surface area contributed by atoms with Crippen LogP contribution in [-0.4, -0.2) is 41.8 Å². The predicted octanol–water partition coefficient (Wildman–Crippen LogP) is 2.85. The molecule has 1 spiro atoms. The van der Waals surface area contributed by atoms with Crippen molar-refractivity contribution in [3.05, 3.63) is 34.2 Å². The number of hydrogen-bond acceptors (Lipinski definition) is 3. The highest BCUT2D eigenvalue weighted by Gasteiger charge is 2.59. The minimum Gasteiger partial charge on any atom is -0.339 e. The van der Waals surface area contributed by atoms with Crippen molar-refractivity contribution in [3.8, 4) is 0 Å². The van der Waals surface area contributed by atoms with Gasteiger partial charge in [0.15, 0.2) is 0 Å². The Bertz CT molecular complexity index is 938. The first-order valence-corrected chi connectivity index (χ1v) is 8.91. The van der Waals surface area contributed by atoms with E-state index in [4.69, 9.17) is 0 Å². The van der Waals surface area contributed by atoms with E-state index >= 15 is 0 Å². The Morgan fingerprint density at radius 3 is 2.68 bits per heavy atom. The molecule has 0 radical (unpaired) electrons.